The molecule has 0 spiro atoms. The molecular weight excluding hydrogens is 430 g/mol. The van der Waals surface area contributed by atoms with Gasteiger partial charge in [0, 0.05) is 11.3 Å². The Morgan fingerprint density at radius 2 is 1.70 bits per heavy atom. The molecule has 5 nitrogen and oxygen atoms in total. The van der Waals surface area contributed by atoms with Crippen LogP contribution >= 0.6 is 23.2 Å². The molecule has 0 aromatic heterocycles. The summed E-state index contributed by atoms with van der Waals surface area (Å²) in [6, 6.07) is 16.7. The minimum atomic E-state index is -0.623. The number of para-hydroxylation sites is 1. The second-order valence-corrected chi connectivity index (χ2v) is 7.06. The van der Waals surface area contributed by atoms with E-state index in [1.54, 1.807) is 36.4 Å². The number of hydrogen-bond donors (Lipinski definition) is 1. The molecule has 1 N–H and O–H groups in total. The number of hydrogen-bond acceptors (Lipinski definition) is 3. The highest BCUT2D eigenvalue weighted by molar-refractivity contribution is 6.42. The molecule has 0 radical (unpaired) electrons. The van der Waals surface area contributed by atoms with Crippen LogP contribution in [0.5, 0.6) is 5.75 Å². The van der Waals surface area contributed by atoms with Crippen LogP contribution in [0.4, 0.5) is 15.8 Å². The van der Waals surface area contributed by atoms with Gasteiger partial charge in [-0.1, -0.05) is 35.3 Å². The fourth-order valence-electron chi connectivity index (χ4n) is 2.74. The third kappa shape index (κ3) is 5.09. The zero-order valence-electron chi connectivity index (χ0n) is 15.9. The van der Waals surface area contributed by atoms with Crippen LogP contribution in [0.15, 0.2) is 66.7 Å². The van der Waals surface area contributed by atoms with E-state index in [-0.39, 0.29) is 16.3 Å². The average Bonchev–Trinajstić information content (AvgIpc) is 2.75. The van der Waals surface area contributed by atoms with Crippen LogP contribution < -0.4 is 15.0 Å². The van der Waals surface area contributed by atoms with E-state index in [9.17, 15) is 14.0 Å². The number of halogens is 3. The maximum Gasteiger partial charge on any atom is 0.258 e. The Kier molecular flexibility index (Phi) is 6.92. The van der Waals surface area contributed by atoms with E-state index < -0.39 is 24.2 Å². The lowest BCUT2D eigenvalue weighted by molar-refractivity contribution is -0.114. The van der Waals surface area contributed by atoms with E-state index >= 15 is 0 Å². The van der Waals surface area contributed by atoms with Gasteiger partial charge in [0.1, 0.15) is 18.1 Å². The van der Waals surface area contributed by atoms with Crippen LogP contribution in [-0.4, -0.2) is 25.5 Å². The molecule has 0 aliphatic rings. The lowest BCUT2D eigenvalue weighted by Crippen LogP contribution is -2.38. The van der Waals surface area contributed by atoms with Crippen molar-refractivity contribution >= 4 is 46.4 Å². The fourth-order valence-corrected chi connectivity index (χ4v) is 3.04. The summed E-state index contributed by atoms with van der Waals surface area (Å²) in [5.41, 5.74) is 0.670. The van der Waals surface area contributed by atoms with Crippen LogP contribution in [0.3, 0.4) is 0 Å². The molecule has 3 aromatic carbocycles. The van der Waals surface area contributed by atoms with Crippen LogP contribution in [-0.2, 0) is 4.79 Å². The lowest BCUT2D eigenvalue weighted by Gasteiger charge is -2.23. The monoisotopic (exact) mass is 446 g/mol. The van der Waals surface area contributed by atoms with Crippen molar-refractivity contribution in [1.82, 2.24) is 0 Å². The summed E-state index contributed by atoms with van der Waals surface area (Å²) < 4.78 is 19.5. The van der Waals surface area contributed by atoms with Crippen molar-refractivity contribution in [1.29, 1.82) is 0 Å². The number of anilines is 2. The van der Waals surface area contributed by atoms with Gasteiger partial charge in [0.2, 0.25) is 5.91 Å². The van der Waals surface area contributed by atoms with Gasteiger partial charge in [0.25, 0.3) is 5.91 Å². The van der Waals surface area contributed by atoms with Gasteiger partial charge in [0.15, 0.2) is 0 Å². The summed E-state index contributed by atoms with van der Waals surface area (Å²) in [5, 5.41) is 3.25. The molecule has 0 saturated heterocycles. The Labute approximate surface area is 183 Å². The molecule has 0 atom stereocenters. The Morgan fingerprint density at radius 3 is 2.33 bits per heavy atom. The Morgan fingerprint density at radius 1 is 1.00 bits per heavy atom. The first-order valence-electron chi connectivity index (χ1n) is 8.84. The highest BCUT2D eigenvalue weighted by atomic mass is 35.5. The lowest BCUT2D eigenvalue weighted by atomic mass is 10.1. The number of nitrogens with one attached hydrogen (secondary N) is 1. The van der Waals surface area contributed by atoms with Crippen LogP contribution in [0.2, 0.25) is 10.0 Å². The summed E-state index contributed by atoms with van der Waals surface area (Å²) in [4.78, 5) is 26.8. The molecule has 3 rings (SSSR count). The molecule has 8 heteroatoms. The Bertz CT molecular complexity index is 1070. The molecule has 0 heterocycles. The van der Waals surface area contributed by atoms with E-state index in [4.69, 9.17) is 27.9 Å². The maximum atomic E-state index is 14.4. The number of nitrogens with zero attached hydrogens (tertiary/aromatic N) is 1. The van der Waals surface area contributed by atoms with Crippen LogP contribution in [0.1, 0.15) is 10.4 Å². The van der Waals surface area contributed by atoms with Crippen molar-refractivity contribution in [2.75, 3.05) is 23.9 Å². The molecular formula is C22H17Cl2FN2O3. The largest absolute Gasteiger partial charge is 0.497 e. The molecule has 2 amide bonds. The number of methoxy groups -OCH3 is 1. The number of carbonyl (C=O) groups excluding carboxylic acids is 2. The molecule has 0 aliphatic heterocycles. The van der Waals surface area contributed by atoms with E-state index in [1.165, 1.54) is 37.4 Å². The molecule has 154 valence electrons. The van der Waals surface area contributed by atoms with Gasteiger partial charge in [0.05, 0.1) is 22.8 Å². The molecule has 0 saturated carbocycles. The fraction of sp³-hybridized carbons (Fsp3) is 0.0909. The third-order valence-electron chi connectivity index (χ3n) is 4.23. The SMILES string of the molecule is COc1ccc(C(=O)N(CC(=O)Nc2ccc(Cl)c(Cl)c2)c2ccccc2F)cc1. The zero-order valence-corrected chi connectivity index (χ0v) is 17.4. The molecule has 0 bridgehead atoms. The highest BCUT2D eigenvalue weighted by Gasteiger charge is 2.23. The van der Waals surface area contributed by atoms with Crippen molar-refractivity contribution in [3.05, 3.63) is 88.2 Å². The first-order valence-corrected chi connectivity index (χ1v) is 9.60. The van der Waals surface area contributed by atoms with Crippen molar-refractivity contribution in [3.8, 4) is 5.75 Å². The topological polar surface area (TPSA) is 58.6 Å². The highest BCUT2D eigenvalue weighted by Crippen LogP contribution is 2.26. The van der Waals surface area contributed by atoms with Crippen molar-refractivity contribution in [2.45, 2.75) is 0 Å². The van der Waals surface area contributed by atoms with Gasteiger partial charge in [-0.3, -0.25) is 14.5 Å². The number of amides is 2. The molecule has 0 aliphatic carbocycles. The quantitative estimate of drug-likeness (QED) is 0.549. The molecule has 30 heavy (non-hydrogen) atoms. The Hall–Kier alpha value is -3.09. The summed E-state index contributed by atoms with van der Waals surface area (Å²) in [6.45, 7) is -0.411. The first kappa shape index (κ1) is 21.6. The predicted octanol–water partition coefficient (Wildman–Crippen LogP) is 5.43. The summed E-state index contributed by atoms with van der Waals surface area (Å²) in [5.74, 6) is -1.12. The number of benzene rings is 3. The average molecular weight is 447 g/mol. The normalized spacial score (nSPS) is 10.4. The summed E-state index contributed by atoms with van der Waals surface area (Å²) >= 11 is 11.8. The van der Waals surface area contributed by atoms with Crippen molar-refractivity contribution < 1.29 is 18.7 Å². The van der Waals surface area contributed by atoms with Crippen molar-refractivity contribution in [2.24, 2.45) is 0 Å². The van der Waals surface area contributed by atoms with Gasteiger partial charge in [-0.05, 0) is 54.6 Å². The Balaban J connectivity index is 1.87. The van der Waals surface area contributed by atoms with Gasteiger partial charge in [-0.2, -0.15) is 0 Å². The summed E-state index contributed by atoms with van der Waals surface area (Å²) in [6.07, 6.45) is 0. The molecule has 3 aromatic rings. The van der Waals surface area contributed by atoms with Gasteiger partial charge in [-0.15, -0.1) is 0 Å². The first-order chi connectivity index (χ1) is 14.4. The third-order valence-corrected chi connectivity index (χ3v) is 4.97. The minimum absolute atomic E-state index is 0.0115. The smallest absolute Gasteiger partial charge is 0.258 e. The molecule has 0 unspecified atom stereocenters. The van der Waals surface area contributed by atoms with E-state index in [0.29, 0.717) is 16.5 Å². The molecule has 0 fully saturated rings. The summed E-state index contributed by atoms with van der Waals surface area (Å²) in [7, 11) is 1.51. The van der Waals surface area contributed by atoms with E-state index in [1.807, 2.05) is 0 Å². The maximum absolute atomic E-state index is 14.4. The standard InChI is InChI=1S/C22H17Cl2FN2O3/c1-30-16-9-6-14(7-10-16)22(29)27(20-5-3-2-4-19(20)25)13-21(28)26-15-8-11-17(23)18(24)12-15/h2-12H,13H2,1H3,(H,26,28). The van der Waals surface area contributed by atoms with E-state index in [2.05, 4.69) is 5.32 Å². The van der Waals surface area contributed by atoms with Crippen molar-refractivity contribution in [3.63, 3.8) is 0 Å². The zero-order chi connectivity index (χ0) is 21.7. The van der Waals surface area contributed by atoms with Crippen LogP contribution in [0.25, 0.3) is 0 Å². The number of ether oxygens (including phenoxy) is 1. The number of rotatable bonds is 6. The van der Waals surface area contributed by atoms with Gasteiger partial charge in [-0.25, -0.2) is 4.39 Å². The number of carbonyl (C=O) groups is 2. The van der Waals surface area contributed by atoms with Gasteiger partial charge < -0.3 is 10.1 Å². The van der Waals surface area contributed by atoms with Gasteiger partial charge >= 0.3 is 0 Å². The predicted molar refractivity (Wildman–Crippen MR) is 116 cm³/mol. The van der Waals surface area contributed by atoms with E-state index in [0.717, 1.165) is 4.90 Å². The van der Waals surface area contributed by atoms with Crippen LogP contribution in [0, 0.1) is 5.82 Å². The second-order valence-electron chi connectivity index (χ2n) is 6.25. The second kappa shape index (κ2) is 9.61. The minimum Gasteiger partial charge on any atom is -0.497 e.